The summed E-state index contributed by atoms with van der Waals surface area (Å²) in [6, 6.07) is 4.96. The average molecular weight is 497 g/mol. The predicted molar refractivity (Wildman–Crippen MR) is 125 cm³/mol. The van der Waals surface area contributed by atoms with Crippen LogP contribution in [0.2, 0.25) is 5.02 Å². The van der Waals surface area contributed by atoms with Gasteiger partial charge in [0.1, 0.15) is 34.5 Å². The van der Waals surface area contributed by atoms with Crippen molar-refractivity contribution in [3.63, 3.8) is 0 Å². The number of carbonyl (C=O) groups is 1. The first-order chi connectivity index (χ1) is 16.9. The summed E-state index contributed by atoms with van der Waals surface area (Å²) < 4.78 is 33.2. The molecule has 0 atom stereocenters. The number of aromatic nitrogens is 4. The number of rotatable bonds is 4. The Bertz CT molecular complexity index is 1400. The number of carbonyl (C=O) groups excluding carboxylic acids is 1. The molecule has 4 aromatic rings. The van der Waals surface area contributed by atoms with E-state index in [1.165, 1.54) is 24.5 Å². The van der Waals surface area contributed by atoms with Gasteiger partial charge in [-0.05, 0) is 25.1 Å². The Morgan fingerprint density at radius 2 is 1.83 bits per heavy atom. The fraction of sp³-hybridized carbons (Fsp3) is 0.208. The first-order valence-corrected chi connectivity index (χ1v) is 11.2. The second kappa shape index (κ2) is 9.38. The van der Waals surface area contributed by atoms with Gasteiger partial charge in [-0.15, -0.1) is 0 Å². The Labute approximate surface area is 204 Å². The van der Waals surface area contributed by atoms with E-state index in [2.05, 4.69) is 15.1 Å². The van der Waals surface area contributed by atoms with Crippen LogP contribution < -0.4 is 4.90 Å². The average Bonchev–Trinajstić information content (AvgIpc) is 3.30. The molecule has 3 aromatic heterocycles. The zero-order valence-corrected chi connectivity index (χ0v) is 19.3. The third kappa shape index (κ3) is 4.44. The van der Waals surface area contributed by atoms with Crippen molar-refractivity contribution < 1.29 is 18.1 Å². The number of amides is 1. The first kappa shape index (κ1) is 22.9. The molecule has 1 fully saturated rings. The molecule has 1 aliphatic heterocycles. The molecule has 0 aliphatic carbocycles. The molecule has 11 heteroatoms. The lowest BCUT2D eigenvalue weighted by Crippen LogP contribution is -2.49. The van der Waals surface area contributed by atoms with Gasteiger partial charge in [-0.2, -0.15) is 0 Å². The summed E-state index contributed by atoms with van der Waals surface area (Å²) in [6.45, 7) is 3.65. The number of anilines is 1. The van der Waals surface area contributed by atoms with Gasteiger partial charge in [-0.1, -0.05) is 16.8 Å². The van der Waals surface area contributed by atoms with E-state index in [9.17, 15) is 13.6 Å². The molecule has 4 heterocycles. The van der Waals surface area contributed by atoms with Crippen molar-refractivity contribution >= 4 is 23.3 Å². The maximum Gasteiger partial charge on any atom is 0.259 e. The first-order valence-electron chi connectivity index (χ1n) is 10.8. The number of aryl methyl sites for hydroxylation is 1. The Kier molecular flexibility index (Phi) is 6.12. The van der Waals surface area contributed by atoms with Gasteiger partial charge < -0.3 is 14.3 Å². The highest BCUT2D eigenvalue weighted by Gasteiger charge is 2.26. The Morgan fingerprint density at radius 1 is 1.03 bits per heavy atom. The zero-order chi connectivity index (χ0) is 24.5. The van der Waals surface area contributed by atoms with E-state index in [4.69, 9.17) is 21.1 Å². The molecule has 0 spiro atoms. The summed E-state index contributed by atoms with van der Waals surface area (Å²) in [5.41, 5.74) is 1.65. The van der Waals surface area contributed by atoms with E-state index in [0.29, 0.717) is 59.6 Å². The molecule has 0 N–H and O–H groups in total. The van der Waals surface area contributed by atoms with Crippen LogP contribution >= 0.6 is 11.6 Å². The molecule has 0 unspecified atom stereocenters. The van der Waals surface area contributed by atoms with Crippen LogP contribution in [0.15, 0.2) is 53.6 Å². The molecule has 1 amide bonds. The maximum atomic E-state index is 14.6. The van der Waals surface area contributed by atoms with Crippen molar-refractivity contribution in [1.82, 2.24) is 25.0 Å². The van der Waals surface area contributed by atoms with Crippen molar-refractivity contribution in [2.45, 2.75) is 6.92 Å². The number of halogens is 3. The minimum absolute atomic E-state index is 0.104. The van der Waals surface area contributed by atoms with Gasteiger partial charge in [0.15, 0.2) is 0 Å². The minimum atomic E-state index is -0.755. The van der Waals surface area contributed by atoms with Crippen LogP contribution in [0.3, 0.4) is 0 Å². The van der Waals surface area contributed by atoms with Crippen LogP contribution in [0.25, 0.3) is 22.5 Å². The highest BCUT2D eigenvalue weighted by Crippen LogP contribution is 2.35. The van der Waals surface area contributed by atoms with Crippen LogP contribution in [-0.2, 0) is 0 Å². The third-order valence-corrected chi connectivity index (χ3v) is 6.15. The molecular weight excluding hydrogens is 478 g/mol. The standard InChI is InChI=1S/C24H19ClF2N6O2/c1-14-18(11-30-35-14)24(34)33-8-6-32(7-9-33)21-13-29-22(17-3-2-15(26)10-20(17)27)23(31-21)16-4-5-28-12-19(16)25/h2-5,10-13H,6-9H2,1H3. The number of nitrogens with zero attached hydrogens (tertiary/aromatic N) is 6. The van der Waals surface area contributed by atoms with Gasteiger partial charge in [-0.3, -0.25) is 9.78 Å². The van der Waals surface area contributed by atoms with Gasteiger partial charge in [0.2, 0.25) is 0 Å². The molecule has 178 valence electrons. The lowest BCUT2D eigenvalue weighted by atomic mass is 10.0. The summed E-state index contributed by atoms with van der Waals surface area (Å²) in [6.07, 6.45) is 5.98. The third-order valence-electron chi connectivity index (χ3n) is 5.85. The number of benzene rings is 1. The highest BCUT2D eigenvalue weighted by molar-refractivity contribution is 6.33. The number of pyridine rings is 1. The second-order valence-corrected chi connectivity index (χ2v) is 8.39. The summed E-state index contributed by atoms with van der Waals surface area (Å²) in [5.74, 6) is -0.554. The Morgan fingerprint density at radius 3 is 2.51 bits per heavy atom. The molecule has 0 radical (unpaired) electrons. The largest absolute Gasteiger partial charge is 0.361 e. The number of hydrogen-bond acceptors (Lipinski definition) is 7. The van der Waals surface area contributed by atoms with Gasteiger partial charge in [0.05, 0.1) is 23.1 Å². The molecule has 1 aliphatic rings. The highest BCUT2D eigenvalue weighted by atomic mass is 35.5. The molecular formula is C24H19ClF2N6O2. The summed E-state index contributed by atoms with van der Waals surface area (Å²) in [5, 5.41) is 4.00. The lowest BCUT2D eigenvalue weighted by Gasteiger charge is -2.35. The van der Waals surface area contributed by atoms with Crippen molar-refractivity contribution in [2.75, 3.05) is 31.1 Å². The molecule has 35 heavy (non-hydrogen) atoms. The molecule has 5 rings (SSSR count). The maximum absolute atomic E-state index is 14.6. The van der Waals surface area contributed by atoms with E-state index in [-0.39, 0.29) is 17.2 Å². The number of piperazine rings is 1. The van der Waals surface area contributed by atoms with E-state index in [1.807, 2.05) is 4.90 Å². The van der Waals surface area contributed by atoms with Gasteiger partial charge in [-0.25, -0.2) is 18.7 Å². The van der Waals surface area contributed by atoms with Gasteiger partial charge in [0, 0.05) is 55.8 Å². The van der Waals surface area contributed by atoms with E-state index in [1.54, 1.807) is 30.3 Å². The van der Waals surface area contributed by atoms with Gasteiger partial charge in [0.25, 0.3) is 5.91 Å². The van der Waals surface area contributed by atoms with Gasteiger partial charge >= 0.3 is 0 Å². The summed E-state index contributed by atoms with van der Waals surface area (Å²) >= 11 is 6.38. The fourth-order valence-electron chi connectivity index (χ4n) is 3.98. The zero-order valence-electron chi connectivity index (χ0n) is 18.6. The topological polar surface area (TPSA) is 88.3 Å². The summed E-state index contributed by atoms with van der Waals surface area (Å²) in [7, 11) is 0. The number of hydrogen-bond donors (Lipinski definition) is 0. The second-order valence-electron chi connectivity index (χ2n) is 7.98. The van der Waals surface area contributed by atoms with Crippen LogP contribution in [0.4, 0.5) is 14.6 Å². The Balaban J connectivity index is 1.46. The minimum Gasteiger partial charge on any atom is -0.361 e. The van der Waals surface area contributed by atoms with Crippen molar-refractivity contribution in [2.24, 2.45) is 0 Å². The normalized spacial score (nSPS) is 13.8. The Hall–Kier alpha value is -3.92. The molecule has 1 aromatic carbocycles. The van der Waals surface area contributed by atoms with Crippen molar-refractivity contribution in [1.29, 1.82) is 0 Å². The molecule has 0 bridgehead atoms. The quantitative estimate of drug-likeness (QED) is 0.414. The predicted octanol–water partition coefficient (Wildman–Crippen LogP) is 4.40. The fourth-order valence-corrected chi connectivity index (χ4v) is 4.19. The molecule has 8 nitrogen and oxygen atoms in total. The summed E-state index contributed by atoms with van der Waals surface area (Å²) in [4.78, 5) is 29.7. The molecule has 0 saturated carbocycles. The van der Waals surface area contributed by atoms with Crippen LogP contribution in [0, 0.1) is 18.6 Å². The van der Waals surface area contributed by atoms with Crippen LogP contribution in [0.5, 0.6) is 0 Å². The van der Waals surface area contributed by atoms with E-state index < -0.39 is 11.6 Å². The van der Waals surface area contributed by atoms with Crippen molar-refractivity contribution in [3.8, 4) is 22.5 Å². The van der Waals surface area contributed by atoms with Crippen LogP contribution in [0.1, 0.15) is 16.1 Å². The smallest absolute Gasteiger partial charge is 0.259 e. The lowest BCUT2D eigenvalue weighted by molar-refractivity contribution is 0.0744. The monoisotopic (exact) mass is 496 g/mol. The van der Waals surface area contributed by atoms with Crippen molar-refractivity contribution in [3.05, 3.63) is 77.0 Å². The SMILES string of the molecule is Cc1oncc1C(=O)N1CCN(c2cnc(-c3ccc(F)cc3F)c(-c3ccncc3Cl)n2)CC1. The van der Waals surface area contributed by atoms with E-state index >= 15 is 0 Å². The van der Waals surface area contributed by atoms with E-state index in [0.717, 1.165) is 6.07 Å². The van der Waals surface area contributed by atoms with Crippen LogP contribution in [-0.4, -0.2) is 57.1 Å². The molecule has 1 saturated heterocycles.